The van der Waals surface area contributed by atoms with Gasteiger partial charge in [0.15, 0.2) is 0 Å². The maximum Gasteiger partial charge on any atom is 0.0731 e. The Morgan fingerprint density at radius 1 is 1.30 bits per heavy atom. The Bertz CT molecular complexity index is 421. The third kappa shape index (κ3) is 2.73. The Labute approximate surface area is 121 Å². The Balaban J connectivity index is 1.86. The van der Waals surface area contributed by atoms with Crippen molar-refractivity contribution >= 4 is 0 Å². The molecule has 2 aliphatic rings. The lowest BCUT2D eigenvalue weighted by Gasteiger charge is -2.48. The van der Waals surface area contributed by atoms with Crippen LogP contribution in [0.1, 0.15) is 44.2 Å². The van der Waals surface area contributed by atoms with Crippen LogP contribution in [0, 0.1) is 0 Å². The van der Waals surface area contributed by atoms with Crippen LogP contribution in [0.4, 0.5) is 0 Å². The standard InChI is InChI=1S/C16H25N3O/c1-12(17)16(13-6-8-18-9-7-13)19-10-11-20-15-5-3-2-4-14(15)19/h6-9,12,14-16H,2-5,10-11,17H2,1H3. The van der Waals surface area contributed by atoms with Crippen molar-refractivity contribution in [1.29, 1.82) is 0 Å². The second kappa shape index (κ2) is 6.20. The summed E-state index contributed by atoms with van der Waals surface area (Å²) in [5.41, 5.74) is 7.60. The van der Waals surface area contributed by atoms with E-state index in [0.717, 1.165) is 13.2 Å². The molecule has 0 amide bonds. The van der Waals surface area contributed by atoms with Gasteiger partial charge >= 0.3 is 0 Å². The molecule has 0 spiro atoms. The van der Waals surface area contributed by atoms with Gasteiger partial charge in [-0.3, -0.25) is 9.88 Å². The fourth-order valence-corrected chi connectivity index (χ4v) is 3.83. The zero-order valence-corrected chi connectivity index (χ0v) is 12.2. The van der Waals surface area contributed by atoms with Crippen LogP contribution in [0.5, 0.6) is 0 Å². The first-order chi connectivity index (χ1) is 9.77. The number of ether oxygens (including phenoxy) is 1. The lowest BCUT2D eigenvalue weighted by molar-refractivity contribution is -0.106. The van der Waals surface area contributed by atoms with Gasteiger partial charge in [0, 0.05) is 31.0 Å². The van der Waals surface area contributed by atoms with Crippen LogP contribution in [0.2, 0.25) is 0 Å². The highest BCUT2D eigenvalue weighted by Gasteiger charge is 2.39. The van der Waals surface area contributed by atoms with Crippen molar-refractivity contribution in [3.05, 3.63) is 30.1 Å². The van der Waals surface area contributed by atoms with Crippen molar-refractivity contribution in [3.8, 4) is 0 Å². The lowest BCUT2D eigenvalue weighted by Crippen LogP contribution is -2.56. The average molecular weight is 275 g/mol. The Morgan fingerprint density at radius 3 is 2.80 bits per heavy atom. The molecule has 0 bridgehead atoms. The number of pyridine rings is 1. The molecule has 1 aromatic rings. The third-order valence-electron chi connectivity index (χ3n) is 4.68. The topological polar surface area (TPSA) is 51.4 Å². The molecule has 0 aromatic carbocycles. The summed E-state index contributed by atoms with van der Waals surface area (Å²) in [7, 11) is 0. The fourth-order valence-electron chi connectivity index (χ4n) is 3.83. The lowest BCUT2D eigenvalue weighted by atomic mass is 9.87. The number of hydrogen-bond donors (Lipinski definition) is 1. The van der Waals surface area contributed by atoms with Crippen molar-refractivity contribution in [1.82, 2.24) is 9.88 Å². The molecule has 20 heavy (non-hydrogen) atoms. The van der Waals surface area contributed by atoms with Gasteiger partial charge < -0.3 is 10.5 Å². The molecule has 4 unspecified atom stereocenters. The molecule has 1 aliphatic carbocycles. The van der Waals surface area contributed by atoms with Gasteiger partial charge in [0.2, 0.25) is 0 Å². The predicted molar refractivity (Wildman–Crippen MR) is 79.3 cm³/mol. The van der Waals surface area contributed by atoms with Gasteiger partial charge in [-0.05, 0) is 37.5 Å². The van der Waals surface area contributed by atoms with E-state index in [1.807, 2.05) is 12.4 Å². The van der Waals surface area contributed by atoms with E-state index in [9.17, 15) is 0 Å². The first-order valence-corrected chi connectivity index (χ1v) is 7.80. The van der Waals surface area contributed by atoms with Gasteiger partial charge in [-0.1, -0.05) is 12.8 Å². The van der Waals surface area contributed by atoms with Crippen LogP contribution in [-0.2, 0) is 4.74 Å². The Morgan fingerprint density at radius 2 is 2.05 bits per heavy atom. The largest absolute Gasteiger partial charge is 0.375 e. The van der Waals surface area contributed by atoms with Crippen LogP contribution in [0.3, 0.4) is 0 Å². The summed E-state index contributed by atoms with van der Waals surface area (Å²) in [6.07, 6.45) is 9.17. The van der Waals surface area contributed by atoms with E-state index >= 15 is 0 Å². The zero-order chi connectivity index (χ0) is 13.9. The number of morpholine rings is 1. The second-order valence-corrected chi connectivity index (χ2v) is 6.08. The zero-order valence-electron chi connectivity index (χ0n) is 12.2. The molecular weight excluding hydrogens is 250 g/mol. The monoisotopic (exact) mass is 275 g/mol. The van der Waals surface area contributed by atoms with Crippen molar-refractivity contribution in [2.24, 2.45) is 5.73 Å². The quantitative estimate of drug-likeness (QED) is 0.918. The highest BCUT2D eigenvalue weighted by molar-refractivity contribution is 5.18. The minimum absolute atomic E-state index is 0.109. The number of nitrogens with zero attached hydrogens (tertiary/aromatic N) is 2. The van der Waals surface area contributed by atoms with Gasteiger partial charge in [0.1, 0.15) is 0 Å². The molecule has 1 saturated carbocycles. The minimum Gasteiger partial charge on any atom is -0.375 e. The highest BCUT2D eigenvalue weighted by Crippen LogP contribution is 2.35. The van der Waals surface area contributed by atoms with E-state index in [-0.39, 0.29) is 12.1 Å². The number of aromatic nitrogens is 1. The molecule has 3 rings (SSSR count). The third-order valence-corrected chi connectivity index (χ3v) is 4.68. The van der Waals surface area contributed by atoms with Crippen LogP contribution in [0.15, 0.2) is 24.5 Å². The van der Waals surface area contributed by atoms with Crippen molar-refractivity contribution in [2.45, 2.75) is 56.8 Å². The molecule has 0 radical (unpaired) electrons. The summed E-state index contributed by atoms with van der Waals surface area (Å²) >= 11 is 0. The number of rotatable bonds is 3. The summed E-state index contributed by atoms with van der Waals surface area (Å²) in [6, 6.07) is 5.11. The molecule has 2 heterocycles. The van der Waals surface area contributed by atoms with Crippen molar-refractivity contribution in [3.63, 3.8) is 0 Å². The Hall–Kier alpha value is -0.970. The van der Waals surface area contributed by atoms with Crippen LogP contribution >= 0.6 is 0 Å². The van der Waals surface area contributed by atoms with E-state index in [2.05, 4.69) is 28.9 Å². The molecule has 2 fully saturated rings. The molecule has 4 atom stereocenters. The SMILES string of the molecule is CC(N)C(c1ccncc1)N1CCOC2CCCCC21. The number of fused-ring (bicyclic) bond motifs is 1. The molecular formula is C16H25N3O. The summed E-state index contributed by atoms with van der Waals surface area (Å²) in [5.74, 6) is 0. The molecule has 1 saturated heterocycles. The van der Waals surface area contributed by atoms with Crippen molar-refractivity contribution in [2.75, 3.05) is 13.2 Å². The van der Waals surface area contributed by atoms with E-state index in [4.69, 9.17) is 10.5 Å². The van der Waals surface area contributed by atoms with Crippen LogP contribution in [0.25, 0.3) is 0 Å². The van der Waals surface area contributed by atoms with Gasteiger partial charge in [0.05, 0.1) is 18.8 Å². The number of nitrogens with two attached hydrogens (primary N) is 1. The van der Waals surface area contributed by atoms with Crippen molar-refractivity contribution < 1.29 is 4.74 Å². The van der Waals surface area contributed by atoms with E-state index in [1.165, 1.54) is 31.2 Å². The maximum atomic E-state index is 6.32. The average Bonchev–Trinajstić information content (AvgIpc) is 2.48. The maximum absolute atomic E-state index is 6.32. The van der Waals surface area contributed by atoms with E-state index in [1.54, 1.807) is 0 Å². The van der Waals surface area contributed by atoms with Crippen LogP contribution in [-0.4, -0.2) is 41.2 Å². The van der Waals surface area contributed by atoms with Gasteiger partial charge in [-0.2, -0.15) is 0 Å². The van der Waals surface area contributed by atoms with E-state index < -0.39 is 0 Å². The van der Waals surface area contributed by atoms with Gasteiger partial charge in [-0.15, -0.1) is 0 Å². The fraction of sp³-hybridized carbons (Fsp3) is 0.688. The Kier molecular flexibility index (Phi) is 4.34. The second-order valence-electron chi connectivity index (χ2n) is 6.08. The highest BCUT2D eigenvalue weighted by atomic mass is 16.5. The summed E-state index contributed by atoms with van der Waals surface area (Å²) in [6.45, 7) is 3.92. The molecule has 4 nitrogen and oxygen atoms in total. The van der Waals surface area contributed by atoms with Crippen LogP contribution < -0.4 is 5.73 Å². The summed E-state index contributed by atoms with van der Waals surface area (Å²) in [4.78, 5) is 6.72. The van der Waals surface area contributed by atoms with E-state index in [0.29, 0.717) is 12.1 Å². The molecule has 4 heteroatoms. The molecule has 1 aromatic heterocycles. The first-order valence-electron chi connectivity index (χ1n) is 7.80. The molecule has 110 valence electrons. The smallest absolute Gasteiger partial charge is 0.0731 e. The summed E-state index contributed by atoms with van der Waals surface area (Å²) in [5, 5.41) is 0. The number of hydrogen-bond acceptors (Lipinski definition) is 4. The van der Waals surface area contributed by atoms with Gasteiger partial charge in [0.25, 0.3) is 0 Å². The first kappa shape index (κ1) is 14.0. The van der Waals surface area contributed by atoms with Gasteiger partial charge in [-0.25, -0.2) is 0 Å². The minimum atomic E-state index is 0.109. The summed E-state index contributed by atoms with van der Waals surface area (Å²) < 4.78 is 5.98. The normalized spacial score (nSPS) is 30.5. The molecule has 1 aliphatic heterocycles. The molecule has 2 N–H and O–H groups in total. The predicted octanol–water partition coefficient (Wildman–Crippen LogP) is 2.11.